The van der Waals surface area contributed by atoms with E-state index in [1.54, 1.807) is 14.0 Å². The van der Waals surface area contributed by atoms with E-state index in [0.29, 0.717) is 12.5 Å². The third kappa shape index (κ3) is 3.14. The number of likely N-dealkylation sites (tertiary alicyclic amines) is 1. The fraction of sp³-hybridized carbons (Fsp3) is 0.800. The Hall–Kier alpha value is -0.680. The van der Waals surface area contributed by atoms with E-state index < -0.39 is 0 Å². The van der Waals surface area contributed by atoms with Gasteiger partial charge in [0.1, 0.15) is 0 Å². The van der Waals surface area contributed by atoms with E-state index in [-0.39, 0.29) is 16.8 Å². The van der Waals surface area contributed by atoms with Gasteiger partial charge in [-0.2, -0.15) is 0 Å². The van der Waals surface area contributed by atoms with Gasteiger partial charge < -0.3 is 15.4 Å². The number of hydrogen-bond donors (Lipinski definition) is 1. The highest BCUT2D eigenvalue weighted by molar-refractivity contribution is 7.80. The second-order valence-corrected chi connectivity index (χ2v) is 4.49. The van der Waals surface area contributed by atoms with Gasteiger partial charge >= 0.3 is 0 Å². The molecule has 1 amide bonds. The van der Waals surface area contributed by atoms with Crippen LogP contribution in [0.2, 0.25) is 0 Å². The van der Waals surface area contributed by atoms with Crippen LogP contribution in [0.4, 0.5) is 0 Å². The fourth-order valence-electron chi connectivity index (χ4n) is 1.80. The molecule has 0 spiro atoms. The first-order chi connectivity index (χ1) is 7.06. The van der Waals surface area contributed by atoms with E-state index in [0.717, 1.165) is 19.5 Å². The normalized spacial score (nSPS) is 22.8. The number of carbonyl (C=O) groups is 1. The topological polar surface area (TPSA) is 55.6 Å². The van der Waals surface area contributed by atoms with E-state index in [1.165, 1.54) is 0 Å². The largest absolute Gasteiger partial charge is 0.393 e. The van der Waals surface area contributed by atoms with Crippen molar-refractivity contribution in [3.05, 3.63) is 0 Å². The van der Waals surface area contributed by atoms with Crippen molar-refractivity contribution in [2.45, 2.75) is 13.3 Å². The lowest BCUT2D eigenvalue weighted by atomic mass is 10.1. The second kappa shape index (κ2) is 5.42. The summed E-state index contributed by atoms with van der Waals surface area (Å²) in [5.74, 6) is 0.153. The zero-order chi connectivity index (χ0) is 11.4. The van der Waals surface area contributed by atoms with Crippen LogP contribution < -0.4 is 5.73 Å². The van der Waals surface area contributed by atoms with Gasteiger partial charge in [-0.15, -0.1) is 0 Å². The maximum atomic E-state index is 11.9. The van der Waals surface area contributed by atoms with Crippen molar-refractivity contribution in [1.82, 2.24) is 4.90 Å². The molecule has 5 heteroatoms. The lowest BCUT2D eigenvalue weighted by Crippen LogP contribution is -2.38. The Morgan fingerprint density at radius 1 is 1.73 bits per heavy atom. The second-order valence-electron chi connectivity index (χ2n) is 4.02. The van der Waals surface area contributed by atoms with E-state index in [4.69, 9.17) is 22.7 Å². The molecule has 0 bridgehead atoms. The molecule has 1 heterocycles. The molecule has 2 atom stereocenters. The van der Waals surface area contributed by atoms with Crippen LogP contribution in [0.1, 0.15) is 13.3 Å². The van der Waals surface area contributed by atoms with Gasteiger partial charge in [0.15, 0.2) is 0 Å². The zero-order valence-electron chi connectivity index (χ0n) is 9.23. The predicted molar refractivity (Wildman–Crippen MR) is 62.5 cm³/mol. The van der Waals surface area contributed by atoms with Crippen molar-refractivity contribution in [3.8, 4) is 0 Å². The Kier molecular flexibility index (Phi) is 4.47. The molecule has 0 aromatic rings. The number of nitrogens with two attached hydrogens (primary N) is 1. The molecule has 0 aromatic heterocycles. The third-order valence-electron chi connectivity index (χ3n) is 2.80. The molecule has 0 radical (unpaired) electrons. The van der Waals surface area contributed by atoms with Crippen molar-refractivity contribution in [2.24, 2.45) is 17.6 Å². The lowest BCUT2D eigenvalue weighted by Gasteiger charge is -2.20. The van der Waals surface area contributed by atoms with Crippen molar-refractivity contribution in [3.63, 3.8) is 0 Å². The summed E-state index contributed by atoms with van der Waals surface area (Å²) in [5, 5.41) is 0. The molecule has 2 N–H and O–H groups in total. The first kappa shape index (κ1) is 12.4. The first-order valence-corrected chi connectivity index (χ1v) is 5.54. The molecule has 2 unspecified atom stereocenters. The zero-order valence-corrected chi connectivity index (χ0v) is 10.0. The number of nitrogens with zero attached hydrogens (tertiary/aromatic N) is 1. The lowest BCUT2D eigenvalue weighted by molar-refractivity contribution is -0.132. The average Bonchev–Trinajstić information content (AvgIpc) is 2.64. The number of amides is 1. The highest BCUT2D eigenvalue weighted by Crippen LogP contribution is 2.18. The van der Waals surface area contributed by atoms with Gasteiger partial charge in [0.25, 0.3) is 0 Å². The molecule has 1 aliphatic rings. The number of methoxy groups -OCH3 is 1. The molecule has 1 saturated heterocycles. The Morgan fingerprint density at radius 2 is 2.40 bits per heavy atom. The van der Waals surface area contributed by atoms with Gasteiger partial charge in [-0.1, -0.05) is 12.2 Å². The van der Waals surface area contributed by atoms with Crippen molar-refractivity contribution in [2.75, 3.05) is 26.8 Å². The smallest absolute Gasteiger partial charge is 0.232 e. The summed E-state index contributed by atoms with van der Waals surface area (Å²) in [7, 11) is 1.68. The van der Waals surface area contributed by atoms with Crippen LogP contribution in [0.3, 0.4) is 0 Å². The van der Waals surface area contributed by atoms with Gasteiger partial charge in [-0.25, -0.2) is 0 Å². The summed E-state index contributed by atoms with van der Waals surface area (Å²) >= 11 is 4.82. The Morgan fingerprint density at radius 3 is 2.93 bits per heavy atom. The summed E-state index contributed by atoms with van der Waals surface area (Å²) in [6.45, 7) is 4.03. The summed E-state index contributed by atoms with van der Waals surface area (Å²) in [6.07, 6.45) is 1.00. The Balaban J connectivity index is 2.46. The molecule has 0 saturated carbocycles. The minimum Gasteiger partial charge on any atom is -0.393 e. The highest BCUT2D eigenvalue weighted by atomic mass is 32.1. The standard InChI is InChI=1S/C10H18N2O2S/c1-7(9(11)15)10(13)12-4-3-8(5-12)6-14-2/h7-8H,3-6H2,1-2H3,(H2,11,15). The summed E-state index contributed by atoms with van der Waals surface area (Å²) in [6, 6.07) is 0. The van der Waals surface area contributed by atoms with Crippen molar-refractivity contribution in [1.29, 1.82) is 0 Å². The maximum absolute atomic E-state index is 11.9. The SMILES string of the molecule is COCC1CCN(C(=O)C(C)C(N)=S)C1. The molecule has 0 aliphatic carbocycles. The van der Waals surface area contributed by atoms with Crippen LogP contribution >= 0.6 is 12.2 Å². The molecule has 86 valence electrons. The number of carbonyl (C=O) groups excluding carboxylic acids is 1. The summed E-state index contributed by atoms with van der Waals surface area (Å²) in [5.41, 5.74) is 5.46. The maximum Gasteiger partial charge on any atom is 0.232 e. The minimum absolute atomic E-state index is 0.0427. The van der Waals surface area contributed by atoms with Gasteiger partial charge in [0.05, 0.1) is 17.5 Å². The van der Waals surface area contributed by atoms with Crippen LogP contribution in [0.25, 0.3) is 0 Å². The third-order valence-corrected chi connectivity index (χ3v) is 3.15. The minimum atomic E-state index is -0.346. The average molecular weight is 230 g/mol. The number of thiocarbonyl (C=S) groups is 1. The molecule has 1 fully saturated rings. The van der Waals surface area contributed by atoms with Gasteiger partial charge in [-0.3, -0.25) is 4.79 Å². The fourth-order valence-corrected chi connectivity index (χ4v) is 1.90. The summed E-state index contributed by atoms with van der Waals surface area (Å²) < 4.78 is 5.07. The van der Waals surface area contributed by atoms with E-state index in [2.05, 4.69) is 0 Å². The van der Waals surface area contributed by atoms with E-state index in [9.17, 15) is 4.79 Å². The van der Waals surface area contributed by atoms with Crippen LogP contribution in [0.5, 0.6) is 0 Å². The molecular formula is C10H18N2O2S. The van der Waals surface area contributed by atoms with Crippen LogP contribution in [-0.2, 0) is 9.53 Å². The number of rotatable bonds is 4. The van der Waals surface area contributed by atoms with E-state index in [1.807, 2.05) is 4.90 Å². The van der Waals surface area contributed by atoms with Crippen LogP contribution in [0, 0.1) is 11.8 Å². The molecule has 0 aromatic carbocycles. The monoisotopic (exact) mass is 230 g/mol. The number of hydrogen-bond acceptors (Lipinski definition) is 3. The Labute approximate surface area is 95.8 Å². The van der Waals surface area contributed by atoms with Crippen molar-refractivity contribution < 1.29 is 9.53 Å². The van der Waals surface area contributed by atoms with Gasteiger partial charge in [0, 0.05) is 26.1 Å². The van der Waals surface area contributed by atoms with Gasteiger partial charge in [0.2, 0.25) is 5.91 Å². The molecule has 15 heavy (non-hydrogen) atoms. The molecule has 1 rings (SSSR count). The predicted octanol–water partition coefficient (Wildman–Crippen LogP) is 0.404. The van der Waals surface area contributed by atoms with Crippen LogP contribution in [0.15, 0.2) is 0 Å². The van der Waals surface area contributed by atoms with Crippen LogP contribution in [-0.4, -0.2) is 42.6 Å². The Bertz CT molecular complexity index is 258. The molecule has 4 nitrogen and oxygen atoms in total. The highest BCUT2D eigenvalue weighted by Gasteiger charge is 2.29. The summed E-state index contributed by atoms with van der Waals surface area (Å²) in [4.78, 5) is 14.0. The number of ether oxygens (including phenoxy) is 1. The quantitative estimate of drug-likeness (QED) is 0.710. The first-order valence-electron chi connectivity index (χ1n) is 5.13. The van der Waals surface area contributed by atoms with E-state index >= 15 is 0 Å². The van der Waals surface area contributed by atoms with Crippen molar-refractivity contribution >= 4 is 23.1 Å². The van der Waals surface area contributed by atoms with Gasteiger partial charge in [-0.05, 0) is 13.3 Å². The molecular weight excluding hydrogens is 212 g/mol. The molecule has 1 aliphatic heterocycles.